The first-order valence-corrected chi connectivity index (χ1v) is 8.33. The van der Waals surface area contributed by atoms with Crippen LogP contribution in [0.2, 0.25) is 0 Å². The van der Waals surface area contributed by atoms with Crippen molar-refractivity contribution in [2.45, 2.75) is 20.1 Å². The van der Waals surface area contributed by atoms with E-state index in [-0.39, 0.29) is 0 Å². The molecular weight excluding hydrogens is 354 g/mol. The zero-order chi connectivity index (χ0) is 16.4. The predicted molar refractivity (Wildman–Crippen MR) is 96.8 cm³/mol. The highest BCUT2D eigenvalue weighted by Gasteiger charge is 2.15. The fourth-order valence-electron chi connectivity index (χ4n) is 2.86. The van der Waals surface area contributed by atoms with E-state index < -0.39 is 0 Å². The molecule has 2 aromatic carbocycles. The van der Waals surface area contributed by atoms with Crippen molar-refractivity contribution in [1.29, 1.82) is 0 Å². The molecule has 0 radical (unpaired) electrons. The summed E-state index contributed by atoms with van der Waals surface area (Å²) >= 11 is 3.44. The number of nitrogens with zero attached hydrogens (tertiary/aromatic N) is 1. The minimum Gasteiger partial charge on any atom is -0.487 e. The molecule has 1 aromatic heterocycles. The number of rotatable bonds is 5. The van der Waals surface area contributed by atoms with E-state index in [0.29, 0.717) is 13.2 Å². The SMILES string of the molecule is COCc1c(COc2ccc(Br)cc2)n(C)c2ccc(C)cc12. The Labute approximate surface area is 145 Å². The van der Waals surface area contributed by atoms with Crippen molar-refractivity contribution in [3.8, 4) is 5.75 Å². The molecule has 23 heavy (non-hydrogen) atoms. The zero-order valence-electron chi connectivity index (χ0n) is 13.6. The van der Waals surface area contributed by atoms with Crippen LogP contribution in [0.25, 0.3) is 10.9 Å². The molecule has 0 aliphatic rings. The van der Waals surface area contributed by atoms with Crippen molar-refractivity contribution in [3.05, 3.63) is 63.8 Å². The molecule has 0 spiro atoms. The Hall–Kier alpha value is -1.78. The Morgan fingerprint density at radius 1 is 1.04 bits per heavy atom. The molecule has 4 heteroatoms. The number of hydrogen-bond acceptors (Lipinski definition) is 2. The molecule has 0 fully saturated rings. The highest BCUT2D eigenvalue weighted by molar-refractivity contribution is 9.10. The summed E-state index contributed by atoms with van der Waals surface area (Å²) in [5.74, 6) is 0.859. The number of methoxy groups -OCH3 is 1. The summed E-state index contributed by atoms with van der Waals surface area (Å²) in [5.41, 5.74) is 4.80. The van der Waals surface area contributed by atoms with Gasteiger partial charge in [-0.15, -0.1) is 0 Å². The minimum absolute atomic E-state index is 0.518. The maximum Gasteiger partial charge on any atom is 0.129 e. The third kappa shape index (κ3) is 3.28. The molecule has 0 saturated carbocycles. The second-order valence-corrected chi connectivity index (χ2v) is 6.60. The van der Waals surface area contributed by atoms with Crippen LogP contribution in [0.3, 0.4) is 0 Å². The van der Waals surface area contributed by atoms with E-state index >= 15 is 0 Å². The third-order valence-electron chi connectivity index (χ3n) is 4.07. The van der Waals surface area contributed by atoms with E-state index in [0.717, 1.165) is 15.9 Å². The van der Waals surface area contributed by atoms with Crippen molar-refractivity contribution in [2.24, 2.45) is 7.05 Å². The minimum atomic E-state index is 0.518. The van der Waals surface area contributed by atoms with Crippen molar-refractivity contribution >= 4 is 26.8 Å². The van der Waals surface area contributed by atoms with Gasteiger partial charge >= 0.3 is 0 Å². The number of aryl methyl sites for hydroxylation is 2. The van der Waals surface area contributed by atoms with Crippen molar-refractivity contribution in [1.82, 2.24) is 4.57 Å². The monoisotopic (exact) mass is 373 g/mol. The van der Waals surface area contributed by atoms with Crippen molar-refractivity contribution in [2.75, 3.05) is 7.11 Å². The largest absolute Gasteiger partial charge is 0.487 e. The molecule has 0 unspecified atom stereocenters. The molecule has 0 N–H and O–H groups in total. The van der Waals surface area contributed by atoms with Crippen LogP contribution in [0, 0.1) is 6.92 Å². The number of benzene rings is 2. The molecule has 0 bridgehead atoms. The lowest BCUT2D eigenvalue weighted by atomic mass is 10.1. The van der Waals surface area contributed by atoms with Gasteiger partial charge in [-0.1, -0.05) is 27.6 Å². The van der Waals surface area contributed by atoms with Gasteiger partial charge in [0, 0.05) is 35.1 Å². The lowest BCUT2D eigenvalue weighted by Gasteiger charge is -2.10. The second-order valence-electron chi connectivity index (χ2n) is 5.68. The summed E-state index contributed by atoms with van der Waals surface area (Å²) in [6.45, 7) is 3.21. The van der Waals surface area contributed by atoms with Gasteiger partial charge in [0.05, 0.1) is 12.3 Å². The molecule has 0 aliphatic carbocycles. The Morgan fingerprint density at radius 2 is 1.78 bits per heavy atom. The van der Waals surface area contributed by atoms with E-state index in [1.807, 2.05) is 24.3 Å². The lowest BCUT2D eigenvalue weighted by molar-refractivity contribution is 0.182. The van der Waals surface area contributed by atoms with Crippen LogP contribution in [-0.4, -0.2) is 11.7 Å². The third-order valence-corrected chi connectivity index (χ3v) is 4.60. The average molecular weight is 374 g/mol. The first-order chi connectivity index (χ1) is 11.1. The summed E-state index contributed by atoms with van der Waals surface area (Å²) in [6, 6.07) is 14.4. The van der Waals surface area contributed by atoms with Crippen LogP contribution < -0.4 is 4.74 Å². The molecule has 3 nitrogen and oxygen atoms in total. The smallest absolute Gasteiger partial charge is 0.129 e. The van der Waals surface area contributed by atoms with E-state index in [4.69, 9.17) is 9.47 Å². The number of fused-ring (bicyclic) bond motifs is 1. The maximum absolute atomic E-state index is 5.98. The summed E-state index contributed by atoms with van der Waals surface area (Å²) < 4.78 is 14.6. The Balaban J connectivity index is 1.96. The Kier molecular flexibility index (Phi) is 4.74. The normalized spacial score (nSPS) is 11.1. The quantitative estimate of drug-likeness (QED) is 0.629. The van der Waals surface area contributed by atoms with Gasteiger partial charge in [-0.25, -0.2) is 0 Å². The Morgan fingerprint density at radius 3 is 2.48 bits per heavy atom. The fourth-order valence-corrected chi connectivity index (χ4v) is 3.12. The van der Waals surface area contributed by atoms with E-state index in [9.17, 15) is 0 Å². The van der Waals surface area contributed by atoms with E-state index in [1.165, 1.54) is 22.0 Å². The topological polar surface area (TPSA) is 23.4 Å². The van der Waals surface area contributed by atoms with Crippen LogP contribution in [0.15, 0.2) is 46.9 Å². The van der Waals surface area contributed by atoms with Gasteiger partial charge in [0.2, 0.25) is 0 Å². The van der Waals surface area contributed by atoms with Crippen LogP contribution in [-0.2, 0) is 25.0 Å². The van der Waals surface area contributed by atoms with E-state index in [1.54, 1.807) is 7.11 Å². The molecular formula is C19H20BrNO2. The predicted octanol–water partition coefficient (Wildman–Crippen LogP) is 4.97. The summed E-state index contributed by atoms with van der Waals surface area (Å²) in [7, 11) is 3.81. The van der Waals surface area contributed by atoms with Crippen molar-refractivity contribution < 1.29 is 9.47 Å². The molecule has 0 atom stereocenters. The molecule has 0 amide bonds. The van der Waals surface area contributed by atoms with Crippen LogP contribution in [0.4, 0.5) is 0 Å². The number of hydrogen-bond donors (Lipinski definition) is 0. The van der Waals surface area contributed by atoms with Gasteiger partial charge in [-0.3, -0.25) is 0 Å². The first kappa shape index (κ1) is 16.1. The van der Waals surface area contributed by atoms with Crippen LogP contribution >= 0.6 is 15.9 Å². The van der Waals surface area contributed by atoms with Gasteiger partial charge in [-0.2, -0.15) is 0 Å². The summed E-state index contributed by atoms with van der Waals surface area (Å²) in [4.78, 5) is 0. The molecule has 3 rings (SSSR count). The van der Waals surface area contributed by atoms with Gasteiger partial charge in [-0.05, 0) is 43.3 Å². The molecule has 0 aliphatic heterocycles. The van der Waals surface area contributed by atoms with Crippen LogP contribution in [0.1, 0.15) is 16.8 Å². The highest BCUT2D eigenvalue weighted by atomic mass is 79.9. The Bertz CT molecular complexity index is 821. The number of halogens is 1. The second kappa shape index (κ2) is 6.77. The fraction of sp³-hybridized carbons (Fsp3) is 0.263. The standard InChI is InChI=1S/C19H20BrNO2/c1-13-4-9-18-16(10-13)17(11-22-3)19(21(18)2)12-23-15-7-5-14(20)6-8-15/h4-10H,11-12H2,1-3H3. The lowest BCUT2D eigenvalue weighted by Crippen LogP contribution is -2.05. The van der Waals surface area contributed by atoms with E-state index in [2.05, 4.69) is 52.7 Å². The van der Waals surface area contributed by atoms with Gasteiger partial charge in [0.1, 0.15) is 12.4 Å². The van der Waals surface area contributed by atoms with Gasteiger partial charge in [0.15, 0.2) is 0 Å². The zero-order valence-corrected chi connectivity index (χ0v) is 15.2. The highest BCUT2D eigenvalue weighted by Crippen LogP contribution is 2.28. The van der Waals surface area contributed by atoms with Crippen molar-refractivity contribution in [3.63, 3.8) is 0 Å². The number of aromatic nitrogens is 1. The maximum atomic E-state index is 5.98. The summed E-state index contributed by atoms with van der Waals surface area (Å²) in [5, 5.41) is 1.24. The molecule has 0 saturated heterocycles. The van der Waals surface area contributed by atoms with Crippen LogP contribution in [0.5, 0.6) is 5.75 Å². The molecule has 3 aromatic rings. The number of ether oxygens (including phenoxy) is 2. The molecule has 120 valence electrons. The first-order valence-electron chi connectivity index (χ1n) is 7.54. The summed E-state index contributed by atoms with van der Waals surface area (Å²) in [6.07, 6.45) is 0. The van der Waals surface area contributed by atoms with Gasteiger partial charge < -0.3 is 14.0 Å². The van der Waals surface area contributed by atoms with Gasteiger partial charge in [0.25, 0.3) is 0 Å². The average Bonchev–Trinajstić information content (AvgIpc) is 2.79. The molecule has 1 heterocycles.